The molecule has 0 aromatic heterocycles. The number of aliphatic hydroxyl groups is 1. The fraction of sp³-hybridized carbons (Fsp3) is 0.250. The number of rotatable bonds is 6. The Hall–Kier alpha value is -1.04. The van der Waals surface area contributed by atoms with Gasteiger partial charge in [-0.3, -0.25) is 0 Å². The van der Waals surface area contributed by atoms with Crippen molar-refractivity contribution in [1.29, 1.82) is 0 Å². The van der Waals surface area contributed by atoms with Gasteiger partial charge in [-0.25, -0.2) is 0 Å². The Morgan fingerprint density at radius 1 is 0.952 bits per heavy atom. The fourth-order valence-corrected chi connectivity index (χ4v) is 2.46. The van der Waals surface area contributed by atoms with Gasteiger partial charge >= 0.3 is 0 Å². The lowest BCUT2D eigenvalue weighted by Gasteiger charge is -2.14. The van der Waals surface area contributed by atoms with Crippen LogP contribution in [0.25, 0.3) is 0 Å². The number of aliphatic hydroxyl groups excluding tert-OH is 1. The highest BCUT2D eigenvalue weighted by Crippen LogP contribution is 2.28. The summed E-state index contributed by atoms with van der Waals surface area (Å²) in [5.74, 6) is 1.47. The van der Waals surface area contributed by atoms with Crippen molar-refractivity contribution in [1.82, 2.24) is 0 Å². The third-order valence-electron chi connectivity index (χ3n) is 2.85. The Kier molecular flexibility index (Phi) is 6.08. The molecule has 0 radical (unpaired) electrons. The van der Waals surface area contributed by atoms with Crippen LogP contribution in [0, 0.1) is 0 Å². The average Bonchev–Trinajstić information content (AvgIpc) is 2.46. The highest BCUT2D eigenvalue weighted by Gasteiger charge is 2.09. The Morgan fingerprint density at radius 3 is 2.24 bits per heavy atom. The van der Waals surface area contributed by atoms with Gasteiger partial charge in [0.05, 0.1) is 6.10 Å². The van der Waals surface area contributed by atoms with Crippen molar-refractivity contribution in [2.24, 2.45) is 0 Å². The summed E-state index contributed by atoms with van der Waals surface area (Å²) in [4.78, 5) is 0. The molecule has 1 N–H and O–H groups in total. The second kappa shape index (κ2) is 7.82. The van der Waals surface area contributed by atoms with Crippen molar-refractivity contribution in [3.63, 3.8) is 0 Å². The van der Waals surface area contributed by atoms with Crippen molar-refractivity contribution in [2.75, 3.05) is 13.2 Å². The van der Waals surface area contributed by atoms with E-state index in [1.54, 1.807) is 6.92 Å². The van der Waals surface area contributed by atoms with E-state index in [0.29, 0.717) is 19.0 Å². The van der Waals surface area contributed by atoms with Gasteiger partial charge in [0.1, 0.15) is 24.7 Å². The molecule has 5 heteroatoms. The Balaban J connectivity index is 1.87. The van der Waals surface area contributed by atoms with Crippen LogP contribution in [0.15, 0.2) is 51.4 Å². The topological polar surface area (TPSA) is 38.7 Å². The van der Waals surface area contributed by atoms with E-state index in [4.69, 9.17) is 9.47 Å². The monoisotopic (exact) mass is 414 g/mol. The van der Waals surface area contributed by atoms with Gasteiger partial charge in [-0.05, 0) is 49.4 Å². The first-order valence-corrected chi connectivity index (χ1v) is 8.13. The van der Waals surface area contributed by atoms with Crippen LogP contribution in [0.5, 0.6) is 11.5 Å². The summed E-state index contributed by atoms with van der Waals surface area (Å²) < 4.78 is 13.2. The van der Waals surface area contributed by atoms with E-state index in [2.05, 4.69) is 31.9 Å². The largest absolute Gasteiger partial charge is 0.490 e. The van der Waals surface area contributed by atoms with E-state index < -0.39 is 6.10 Å². The molecule has 112 valence electrons. The minimum Gasteiger partial charge on any atom is -0.490 e. The molecule has 2 aromatic rings. The molecule has 0 bridgehead atoms. The lowest BCUT2D eigenvalue weighted by Crippen LogP contribution is -2.10. The molecule has 0 heterocycles. The van der Waals surface area contributed by atoms with Gasteiger partial charge in [-0.2, -0.15) is 0 Å². The van der Waals surface area contributed by atoms with Gasteiger partial charge in [0.25, 0.3) is 0 Å². The van der Waals surface area contributed by atoms with Crippen LogP contribution in [-0.2, 0) is 0 Å². The summed E-state index contributed by atoms with van der Waals surface area (Å²) in [6, 6.07) is 13.2. The summed E-state index contributed by atoms with van der Waals surface area (Å²) in [7, 11) is 0. The van der Waals surface area contributed by atoms with Crippen LogP contribution < -0.4 is 9.47 Å². The molecule has 0 amide bonds. The standard InChI is InChI=1S/C16H16Br2O3/c1-11(19)15-10-13(18)4-7-16(15)21-9-8-20-14-5-2-12(17)3-6-14/h2-7,10-11,19H,8-9H2,1H3/t11-/m1/s1. The van der Waals surface area contributed by atoms with Crippen LogP contribution in [0.2, 0.25) is 0 Å². The minimum absolute atomic E-state index is 0.414. The lowest BCUT2D eigenvalue weighted by molar-refractivity contribution is 0.182. The number of hydrogen-bond acceptors (Lipinski definition) is 3. The number of ether oxygens (including phenoxy) is 2. The highest BCUT2D eigenvalue weighted by molar-refractivity contribution is 9.10. The average molecular weight is 416 g/mol. The maximum Gasteiger partial charge on any atom is 0.125 e. The molecule has 0 aliphatic carbocycles. The molecule has 0 saturated heterocycles. The smallest absolute Gasteiger partial charge is 0.125 e. The van der Waals surface area contributed by atoms with Crippen LogP contribution in [0.4, 0.5) is 0 Å². The first-order chi connectivity index (χ1) is 10.1. The van der Waals surface area contributed by atoms with Crippen LogP contribution in [0.3, 0.4) is 0 Å². The molecule has 3 nitrogen and oxygen atoms in total. The Labute approximate surface area is 141 Å². The number of benzene rings is 2. The lowest BCUT2D eigenvalue weighted by atomic mass is 10.1. The van der Waals surface area contributed by atoms with E-state index in [-0.39, 0.29) is 0 Å². The molecule has 1 atom stereocenters. The molecule has 0 unspecified atom stereocenters. The molecule has 0 fully saturated rings. The third-order valence-corrected chi connectivity index (χ3v) is 3.87. The Morgan fingerprint density at radius 2 is 1.57 bits per heavy atom. The number of hydrogen-bond donors (Lipinski definition) is 1. The van der Waals surface area contributed by atoms with Crippen molar-refractivity contribution >= 4 is 31.9 Å². The van der Waals surface area contributed by atoms with Crippen LogP contribution in [-0.4, -0.2) is 18.3 Å². The molecule has 2 rings (SSSR count). The normalized spacial score (nSPS) is 12.0. The SMILES string of the molecule is C[C@@H](O)c1cc(Br)ccc1OCCOc1ccc(Br)cc1. The third kappa shape index (κ3) is 5.02. The first-order valence-electron chi connectivity index (χ1n) is 6.55. The van der Waals surface area contributed by atoms with Gasteiger partial charge in [0.15, 0.2) is 0 Å². The van der Waals surface area contributed by atoms with E-state index in [0.717, 1.165) is 20.3 Å². The second-order valence-corrected chi connectivity index (χ2v) is 6.34. The zero-order valence-corrected chi connectivity index (χ0v) is 14.7. The predicted octanol–water partition coefficient (Wildman–Crippen LogP) is 4.72. The van der Waals surface area contributed by atoms with Crippen molar-refractivity contribution in [3.05, 3.63) is 57.0 Å². The molecular formula is C16H16Br2O3. The van der Waals surface area contributed by atoms with Gasteiger partial charge in [0.2, 0.25) is 0 Å². The van der Waals surface area contributed by atoms with E-state index >= 15 is 0 Å². The van der Waals surface area contributed by atoms with Crippen molar-refractivity contribution in [2.45, 2.75) is 13.0 Å². The van der Waals surface area contributed by atoms with Crippen molar-refractivity contribution in [3.8, 4) is 11.5 Å². The van der Waals surface area contributed by atoms with Gasteiger partial charge in [0, 0.05) is 14.5 Å². The zero-order chi connectivity index (χ0) is 15.2. The predicted molar refractivity (Wildman–Crippen MR) is 89.9 cm³/mol. The second-order valence-electron chi connectivity index (χ2n) is 4.51. The fourth-order valence-electron chi connectivity index (χ4n) is 1.82. The maximum atomic E-state index is 9.75. The molecule has 0 spiro atoms. The van der Waals surface area contributed by atoms with Crippen LogP contribution >= 0.6 is 31.9 Å². The molecule has 2 aromatic carbocycles. The quantitative estimate of drug-likeness (QED) is 0.693. The summed E-state index contributed by atoms with van der Waals surface area (Å²) in [6.45, 7) is 2.57. The van der Waals surface area contributed by atoms with E-state index in [1.807, 2.05) is 42.5 Å². The molecule has 0 saturated carbocycles. The maximum absolute atomic E-state index is 9.75. The summed E-state index contributed by atoms with van der Waals surface area (Å²) in [5, 5.41) is 9.75. The van der Waals surface area contributed by atoms with Crippen molar-refractivity contribution < 1.29 is 14.6 Å². The zero-order valence-electron chi connectivity index (χ0n) is 11.6. The van der Waals surface area contributed by atoms with Gasteiger partial charge in [-0.15, -0.1) is 0 Å². The first kappa shape index (κ1) is 16.3. The van der Waals surface area contributed by atoms with Gasteiger partial charge < -0.3 is 14.6 Å². The summed E-state index contributed by atoms with van der Waals surface area (Å²) in [5.41, 5.74) is 0.757. The van der Waals surface area contributed by atoms with E-state index in [9.17, 15) is 5.11 Å². The highest BCUT2D eigenvalue weighted by atomic mass is 79.9. The Bertz CT molecular complexity index is 583. The molecular weight excluding hydrogens is 400 g/mol. The summed E-state index contributed by atoms with van der Waals surface area (Å²) >= 11 is 6.77. The summed E-state index contributed by atoms with van der Waals surface area (Å²) in [6.07, 6.45) is -0.579. The molecule has 0 aliphatic rings. The molecule has 21 heavy (non-hydrogen) atoms. The number of halogens is 2. The van der Waals surface area contributed by atoms with E-state index in [1.165, 1.54) is 0 Å². The van der Waals surface area contributed by atoms with Crippen LogP contribution in [0.1, 0.15) is 18.6 Å². The van der Waals surface area contributed by atoms with Gasteiger partial charge in [-0.1, -0.05) is 31.9 Å². The minimum atomic E-state index is -0.579. The molecule has 0 aliphatic heterocycles.